The van der Waals surface area contributed by atoms with Gasteiger partial charge in [0.15, 0.2) is 9.84 Å². The van der Waals surface area contributed by atoms with Crippen LogP contribution in [0.1, 0.15) is 29.3 Å². The molecule has 24 heavy (non-hydrogen) atoms. The Hall–Kier alpha value is -1.91. The number of amides is 1. The van der Waals surface area contributed by atoms with Crippen molar-refractivity contribution in [3.8, 4) is 6.07 Å². The number of rotatable bonds is 4. The van der Waals surface area contributed by atoms with Gasteiger partial charge < -0.3 is 9.64 Å². The van der Waals surface area contributed by atoms with Gasteiger partial charge in [0.1, 0.15) is 4.75 Å². The average molecular weight is 348 g/mol. The Balaban J connectivity index is 1.76. The maximum atomic E-state index is 12.6. The predicted molar refractivity (Wildman–Crippen MR) is 88.2 cm³/mol. The van der Waals surface area contributed by atoms with Crippen molar-refractivity contribution in [3.63, 3.8) is 0 Å². The van der Waals surface area contributed by atoms with Crippen molar-refractivity contribution in [1.82, 2.24) is 4.90 Å². The van der Waals surface area contributed by atoms with E-state index in [2.05, 4.69) is 0 Å². The largest absolute Gasteiger partial charge is 0.381 e. The fraction of sp³-hybridized carbons (Fsp3) is 0.529. The van der Waals surface area contributed by atoms with Crippen LogP contribution in [0.25, 0.3) is 0 Å². The molecular formula is C17H20N2O4S. The molecule has 7 heteroatoms. The lowest BCUT2D eigenvalue weighted by Crippen LogP contribution is -2.68. The first-order valence-electron chi connectivity index (χ1n) is 8.03. The van der Waals surface area contributed by atoms with E-state index in [1.807, 2.05) is 13.0 Å². The van der Waals surface area contributed by atoms with E-state index in [-0.39, 0.29) is 30.7 Å². The van der Waals surface area contributed by atoms with Gasteiger partial charge in [0.25, 0.3) is 5.91 Å². The van der Waals surface area contributed by atoms with Gasteiger partial charge in [0.05, 0.1) is 24.0 Å². The zero-order chi connectivity index (χ0) is 17.4. The summed E-state index contributed by atoms with van der Waals surface area (Å²) in [6, 6.07) is 8.48. The Bertz CT molecular complexity index is 791. The molecule has 2 saturated heterocycles. The standard InChI is InChI=1S/C17H20N2O4S/c1-2-23-10-15-6-7-24(21,22)17(15)11-19(12-17)16(20)14-5-3-4-13(8-14)9-18/h3-5,8,15H,2,6-7,10-12H2,1H3/t15-/m1/s1. The number of hydrogen-bond acceptors (Lipinski definition) is 5. The highest BCUT2D eigenvalue weighted by Gasteiger charge is 2.62. The highest BCUT2D eigenvalue weighted by Crippen LogP contribution is 2.45. The van der Waals surface area contributed by atoms with Gasteiger partial charge in [0.2, 0.25) is 0 Å². The summed E-state index contributed by atoms with van der Waals surface area (Å²) in [4.78, 5) is 14.1. The van der Waals surface area contributed by atoms with Gasteiger partial charge in [-0.05, 0) is 31.5 Å². The van der Waals surface area contributed by atoms with E-state index in [4.69, 9.17) is 10.00 Å². The number of likely N-dealkylation sites (tertiary alicyclic amines) is 1. The van der Waals surface area contributed by atoms with Crippen LogP contribution >= 0.6 is 0 Å². The van der Waals surface area contributed by atoms with Crippen molar-refractivity contribution in [1.29, 1.82) is 5.26 Å². The Morgan fingerprint density at radius 1 is 1.46 bits per heavy atom. The maximum Gasteiger partial charge on any atom is 0.253 e. The van der Waals surface area contributed by atoms with Crippen molar-refractivity contribution in [3.05, 3.63) is 35.4 Å². The van der Waals surface area contributed by atoms with Crippen LogP contribution in [0.3, 0.4) is 0 Å². The average Bonchev–Trinajstić information content (AvgIpc) is 2.81. The summed E-state index contributed by atoms with van der Waals surface area (Å²) in [6.45, 7) is 3.28. The van der Waals surface area contributed by atoms with E-state index < -0.39 is 14.6 Å². The number of carbonyl (C=O) groups excluding carboxylic acids is 1. The quantitative estimate of drug-likeness (QED) is 0.816. The minimum absolute atomic E-state index is 0.0584. The number of sulfone groups is 1. The molecule has 0 N–H and O–H groups in total. The first-order chi connectivity index (χ1) is 11.4. The Morgan fingerprint density at radius 2 is 2.21 bits per heavy atom. The van der Waals surface area contributed by atoms with Crippen molar-refractivity contribution >= 4 is 15.7 Å². The van der Waals surface area contributed by atoms with Crippen LogP contribution in [-0.2, 0) is 14.6 Å². The SMILES string of the molecule is CCOC[C@H]1CCS(=O)(=O)C12CN(C(=O)c1cccc(C#N)c1)C2. The third-order valence-electron chi connectivity index (χ3n) is 5.06. The second-order valence-electron chi connectivity index (χ2n) is 6.38. The van der Waals surface area contributed by atoms with E-state index in [1.165, 1.54) is 6.07 Å². The highest BCUT2D eigenvalue weighted by atomic mass is 32.2. The molecule has 1 atom stereocenters. The monoisotopic (exact) mass is 348 g/mol. The summed E-state index contributed by atoms with van der Waals surface area (Å²) in [5.74, 6) is -0.122. The number of nitrogens with zero attached hydrogens (tertiary/aromatic N) is 2. The van der Waals surface area contributed by atoms with E-state index in [0.717, 1.165) is 0 Å². The normalized spacial score (nSPS) is 23.7. The summed E-state index contributed by atoms with van der Waals surface area (Å²) in [5.41, 5.74) is 0.833. The van der Waals surface area contributed by atoms with Crippen LogP contribution in [-0.4, -0.2) is 56.0 Å². The molecule has 0 unspecified atom stereocenters. The molecule has 1 spiro atoms. The van der Waals surface area contributed by atoms with E-state index >= 15 is 0 Å². The van der Waals surface area contributed by atoms with Gasteiger partial charge in [-0.1, -0.05) is 6.07 Å². The van der Waals surface area contributed by atoms with Gasteiger partial charge in [0, 0.05) is 31.2 Å². The van der Waals surface area contributed by atoms with Gasteiger partial charge in [-0.3, -0.25) is 4.79 Å². The molecule has 6 nitrogen and oxygen atoms in total. The molecule has 2 aliphatic heterocycles. The van der Waals surface area contributed by atoms with Crippen molar-refractivity contribution in [2.24, 2.45) is 5.92 Å². The molecule has 0 bridgehead atoms. The smallest absolute Gasteiger partial charge is 0.253 e. The fourth-order valence-corrected chi connectivity index (χ4v) is 6.02. The molecule has 1 aromatic rings. The lowest BCUT2D eigenvalue weighted by atomic mass is 9.83. The summed E-state index contributed by atoms with van der Waals surface area (Å²) < 4.78 is 29.6. The number of benzene rings is 1. The fourth-order valence-electron chi connectivity index (χ4n) is 3.62. The number of ether oxygens (including phenoxy) is 1. The maximum absolute atomic E-state index is 12.6. The third kappa shape index (κ3) is 2.60. The van der Waals surface area contributed by atoms with Crippen LogP contribution in [0.4, 0.5) is 0 Å². The number of carbonyl (C=O) groups is 1. The second-order valence-corrected chi connectivity index (χ2v) is 8.83. The molecule has 0 radical (unpaired) electrons. The molecule has 0 saturated carbocycles. The lowest BCUT2D eigenvalue weighted by Gasteiger charge is -2.49. The van der Waals surface area contributed by atoms with Gasteiger partial charge in [-0.25, -0.2) is 8.42 Å². The molecule has 2 heterocycles. The van der Waals surface area contributed by atoms with Gasteiger partial charge in [-0.15, -0.1) is 0 Å². The molecule has 1 amide bonds. The summed E-state index contributed by atoms with van der Waals surface area (Å²) in [7, 11) is -3.22. The zero-order valence-electron chi connectivity index (χ0n) is 13.6. The van der Waals surface area contributed by atoms with Crippen molar-refractivity contribution < 1.29 is 17.9 Å². The zero-order valence-corrected chi connectivity index (χ0v) is 14.4. The van der Waals surface area contributed by atoms with Crippen LogP contribution in [0.15, 0.2) is 24.3 Å². The van der Waals surface area contributed by atoms with Crippen LogP contribution in [0, 0.1) is 17.2 Å². The summed E-state index contributed by atoms with van der Waals surface area (Å²) in [5, 5.41) is 8.94. The minimum atomic E-state index is -3.22. The highest BCUT2D eigenvalue weighted by molar-refractivity contribution is 7.93. The van der Waals surface area contributed by atoms with Crippen LogP contribution < -0.4 is 0 Å². The van der Waals surface area contributed by atoms with Crippen LogP contribution in [0.2, 0.25) is 0 Å². The topological polar surface area (TPSA) is 87.5 Å². The Kier molecular flexibility index (Phi) is 4.37. The molecule has 128 valence electrons. The predicted octanol–water partition coefficient (Wildman–Crippen LogP) is 1.22. The van der Waals surface area contributed by atoms with Crippen molar-refractivity contribution in [2.45, 2.75) is 18.1 Å². The molecular weight excluding hydrogens is 328 g/mol. The number of nitriles is 1. The molecule has 0 aromatic heterocycles. The summed E-state index contributed by atoms with van der Waals surface area (Å²) in [6.07, 6.45) is 0.592. The molecule has 2 aliphatic rings. The lowest BCUT2D eigenvalue weighted by molar-refractivity contribution is 0.0271. The van der Waals surface area contributed by atoms with Gasteiger partial charge >= 0.3 is 0 Å². The summed E-state index contributed by atoms with van der Waals surface area (Å²) >= 11 is 0. The Labute approximate surface area is 141 Å². The molecule has 3 rings (SSSR count). The van der Waals surface area contributed by atoms with E-state index in [0.29, 0.717) is 30.8 Å². The Morgan fingerprint density at radius 3 is 2.88 bits per heavy atom. The minimum Gasteiger partial charge on any atom is -0.381 e. The third-order valence-corrected chi connectivity index (χ3v) is 7.67. The first kappa shape index (κ1) is 16.9. The first-order valence-corrected chi connectivity index (χ1v) is 9.68. The van der Waals surface area contributed by atoms with E-state index in [1.54, 1.807) is 23.1 Å². The second kappa shape index (κ2) is 6.19. The van der Waals surface area contributed by atoms with Gasteiger partial charge in [-0.2, -0.15) is 5.26 Å². The van der Waals surface area contributed by atoms with E-state index in [9.17, 15) is 13.2 Å². The molecule has 1 aromatic carbocycles. The number of hydrogen-bond donors (Lipinski definition) is 0. The van der Waals surface area contributed by atoms with Crippen molar-refractivity contribution in [2.75, 3.05) is 32.1 Å². The molecule has 2 fully saturated rings. The van der Waals surface area contributed by atoms with Crippen LogP contribution in [0.5, 0.6) is 0 Å². The molecule has 0 aliphatic carbocycles.